The number of nitrogens with one attached hydrogen (secondary N) is 2. The van der Waals surface area contributed by atoms with Crippen molar-refractivity contribution in [2.24, 2.45) is 7.05 Å². The number of aryl methyl sites for hydroxylation is 1. The van der Waals surface area contributed by atoms with Crippen molar-refractivity contribution in [2.45, 2.75) is 43.5 Å². The Morgan fingerprint density at radius 2 is 1.74 bits per heavy atom. The number of rotatable bonds is 8. The lowest BCUT2D eigenvalue weighted by Crippen LogP contribution is -2.36. The molecule has 0 unspecified atom stereocenters. The van der Waals surface area contributed by atoms with E-state index in [2.05, 4.69) is 44.0 Å². The first-order chi connectivity index (χ1) is 18.6. The van der Waals surface area contributed by atoms with Crippen LogP contribution in [0.2, 0.25) is 0 Å². The third kappa shape index (κ3) is 6.17. The molecule has 1 aliphatic rings. The van der Waals surface area contributed by atoms with Gasteiger partial charge in [-0.05, 0) is 75.7 Å². The van der Waals surface area contributed by atoms with Crippen molar-refractivity contribution < 1.29 is 17.2 Å². The van der Waals surface area contributed by atoms with E-state index in [4.69, 9.17) is 0 Å². The molecule has 2 heterocycles. The molecule has 0 amide bonds. The zero-order chi connectivity index (χ0) is 27.7. The smallest absolute Gasteiger partial charge is 0.237 e. The summed E-state index contributed by atoms with van der Waals surface area (Å²) in [6.45, 7) is 0. The summed E-state index contributed by atoms with van der Waals surface area (Å²) in [7, 11) is 2.07. The summed E-state index contributed by atoms with van der Waals surface area (Å²) in [5.41, 5.74) is 1.85. The number of sulfonamides is 1. The van der Waals surface area contributed by atoms with E-state index in [1.165, 1.54) is 42.5 Å². The molecule has 1 aliphatic carbocycles. The predicted octanol–water partition coefficient (Wildman–Crippen LogP) is 4.54. The van der Waals surface area contributed by atoms with Gasteiger partial charge < -0.3 is 14.8 Å². The molecule has 5 rings (SSSR count). The third-order valence-electron chi connectivity index (χ3n) is 7.13. The van der Waals surface area contributed by atoms with Crippen molar-refractivity contribution in [3.63, 3.8) is 0 Å². The Labute approximate surface area is 226 Å². The number of anilines is 2. The fourth-order valence-corrected chi connectivity index (χ4v) is 6.17. The van der Waals surface area contributed by atoms with Gasteiger partial charge >= 0.3 is 0 Å². The monoisotopic (exact) mass is 555 g/mol. The van der Waals surface area contributed by atoms with Crippen LogP contribution in [-0.4, -0.2) is 59.0 Å². The van der Waals surface area contributed by atoms with Crippen LogP contribution in [0.3, 0.4) is 0 Å². The second-order valence-corrected chi connectivity index (χ2v) is 11.9. The number of imidazole rings is 1. The number of hydrogen-bond donors (Lipinski definition) is 2. The van der Waals surface area contributed by atoms with Crippen LogP contribution >= 0.6 is 0 Å². The molecular formula is C27H31F2N7O2S. The molecular weight excluding hydrogens is 524 g/mol. The van der Waals surface area contributed by atoms with Gasteiger partial charge in [0.2, 0.25) is 16.0 Å². The molecule has 0 atom stereocenters. The van der Waals surface area contributed by atoms with Crippen LogP contribution in [0, 0.1) is 11.6 Å². The van der Waals surface area contributed by atoms with E-state index in [1.54, 1.807) is 17.8 Å². The molecule has 2 aromatic carbocycles. The topological polar surface area (TPSA) is 105 Å². The average Bonchev–Trinajstić information content (AvgIpc) is 3.22. The van der Waals surface area contributed by atoms with Crippen LogP contribution in [0.1, 0.15) is 31.2 Å². The van der Waals surface area contributed by atoms with Crippen LogP contribution in [0.25, 0.3) is 22.6 Å². The van der Waals surface area contributed by atoms with Gasteiger partial charge in [-0.1, -0.05) is 12.1 Å². The van der Waals surface area contributed by atoms with E-state index in [1.807, 2.05) is 0 Å². The largest absolute Gasteiger partial charge is 0.351 e. The van der Waals surface area contributed by atoms with E-state index in [9.17, 15) is 17.2 Å². The molecule has 206 valence electrons. The van der Waals surface area contributed by atoms with Gasteiger partial charge in [-0.25, -0.2) is 27.2 Å². The third-order valence-corrected chi connectivity index (χ3v) is 8.38. The summed E-state index contributed by atoms with van der Waals surface area (Å²) in [4.78, 5) is 16.0. The molecule has 2 aromatic heterocycles. The van der Waals surface area contributed by atoms with Crippen LogP contribution in [0.4, 0.5) is 20.4 Å². The highest BCUT2D eigenvalue weighted by molar-refractivity contribution is 7.91. The van der Waals surface area contributed by atoms with Gasteiger partial charge in [-0.2, -0.15) is 4.98 Å². The number of aromatic nitrogens is 4. The highest BCUT2D eigenvalue weighted by atomic mass is 32.2. The van der Waals surface area contributed by atoms with Gasteiger partial charge in [0.25, 0.3) is 0 Å². The molecule has 0 spiro atoms. The van der Waals surface area contributed by atoms with Crippen molar-refractivity contribution in [3.8, 4) is 11.4 Å². The minimum absolute atomic E-state index is 0.205. The maximum atomic E-state index is 14.6. The Kier molecular flexibility index (Phi) is 7.50. The molecule has 12 heteroatoms. The number of hydrogen-bond acceptors (Lipinski definition) is 7. The minimum atomic E-state index is -3.96. The van der Waals surface area contributed by atoms with Crippen LogP contribution in [0.15, 0.2) is 48.7 Å². The van der Waals surface area contributed by atoms with Gasteiger partial charge in [0.05, 0.1) is 17.6 Å². The summed E-state index contributed by atoms with van der Waals surface area (Å²) < 4.78 is 57.2. The molecule has 2 N–H and O–H groups in total. The summed E-state index contributed by atoms with van der Waals surface area (Å²) in [5.74, 6) is -0.605. The Bertz CT molecular complexity index is 1580. The highest BCUT2D eigenvalue weighted by Crippen LogP contribution is 2.29. The fraction of sp³-hybridized carbons (Fsp3) is 0.370. The molecule has 0 aliphatic heterocycles. The van der Waals surface area contributed by atoms with Gasteiger partial charge in [-0.3, -0.25) is 4.72 Å². The summed E-state index contributed by atoms with van der Waals surface area (Å²) in [6, 6.07) is 10.1. The van der Waals surface area contributed by atoms with Crippen molar-refractivity contribution >= 4 is 32.8 Å². The molecule has 0 saturated heterocycles. The van der Waals surface area contributed by atoms with Crippen LogP contribution < -0.4 is 10.0 Å². The fourth-order valence-electron chi connectivity index (χ4n) is 4.97. The molecule has 39 heavy (non-hydrogen) atoms. The van der Waals surface area contributed by atoms with Gasteiger partial charge in [-0.15, -0.1) is 0 Å². The Hall–Kier alpha value is -3.64. The van der Waals surface area contributed by atoms with Crippen molar-refractivity contribution in [2.75, 3.05) is 24.1 Å². The maximum Gasteiger partial charge on any atom is 0.237 e. The van der Waals surface area contributed by atoms with Crippen LogP contribution in [-0.2, 0) is 22.8 Å². The molecule has 0 bridgehead atoms. The molecule has 1 fully saturated rings. The predicted molar refractivity (Wildman–Crippen MR) is 148 cm³/mol. The minimum Gasteiger partial charge on any atom is -0.351 e. The Morgan fingerprint density at radius 1 is 1.03 bits per heavy atom. The Balaban J connectivity index is 1.35. The van der Waals surface area contributed by atoms with Gasteiger partial charge in [0.15, 0.2) is 5.65 Å². The number of benzene rings is 2. The first-order valence-corrected chi connectivity index (χ1v) is 14.4. The second kappa shape index (κ2) is 10.9. The number of halogens is 2. The van der Waals surface area contributed by atoms with Gasteiger partial charge in [0, 0.05) is 24.7 Å². The van der Waals surface area contributed by atoms with E-state index in [-0.39, 0.29) is 5.69 Å². The average molecular weight is 556 g/mol. The van der Waals surface area contributed by atoms with Crippen LogP contribution in [0.5, 0.6) is 0 Å². The molecule has 4 aromatic rings. The standard InChI is InChI=1S/C27H31F2N7O2S/c1-35(2)21-11-9-20(10-12-21)31-27-30-15-24-26(33-27)36(3)25(32-24)18-6-13-22(29)23(14-18)34-39(37,38)16-17-4-7-19(28)8-5-17/h4-8,13-15,20-21,34H,9-12,16H2,1-3H3,(H,30,31,33). The Morgan fingerprint density at radius 3 is 2.44 bits per heavy atom. The summed E-state index contributed by atoms with van der Waals surface area (Å²) in [6.07, 6.45) is 5.95. The number of nitrogens with zero attached hydrogens (tertiary/aromatic N) is 5. The van der Waals surface area contributed by atoms with E-state index < -0.39 is 27.4 Å². The highest BCUT2D eigenvalue weighted by Gasteiger charge is 2.23. The normalized spacial score (nSPS) is 18.0. The lowest BCUT2D eigenvalue weighted by Gasteiger charge is -2.32. The van der Waals surface area contributed by atoms with E-state index >= 15 is 0 Å². The zero-order valence-corrected chi connectivity index (χ0v) is 22.8. The van der Waals surface area contributed by atoms with Crippen molar-refractivity contribution in [3.05, 3.63) is 65.9 Å². The van der Waals surface area contributed by atoms with Gasteiger partial charge in [0.1, 0.15) is 23.0 Å². The first kappa shape index (κ1) is 26.9. The van der Waals surface area contributed by atoms with E-state index in [0.717, 1.165) is 25.7 Å². The van der Waals surface area contributed by atoms with E-state index in [0.29, 0.717) is 46.1 Å². The molecule has 9 nitrogen and oxygen atoms in total. The zero-order valence-electron chi connectivity index (χ0n) is 22.0. The van der Waals surface area contributed by atoms with Crippen molar-refractivity contribution in [1.29, 1.82) is 0 Å². The van der Waals surface area contributed by atoms with Crippen molar-refractivity contribution in [1.82, 2.24) is 24.4 Å². The second-order valence-electron chi connectivity index (χ2n) is 10.2. The maximum absolute atomic E-state index is 14.6. The molecule has 0 radical (unpaired) electrons. The summed E-state index contributed by atoms with van der Waals surface area (Å²) >= 11 is 0. The lowest BCUT2D eigenvalue weighted by molar-refractivity contribution is 0.221. The first-order valence-electron chi connectivity index (χ1n) is 12.8. The number of fused-ring (bicyclic) bond motifs is 1. The quantitative estimate of drug-likeness (QED) is 0.329. The lowest BCUT2D eigenvalue weighted by atomic mass is 9.91. The summed E-state index contributed by atoms with van der Waals surface area (Å²) in [5, 5.41) is 3.45. The SMILES string of the molecule is CN(C)C1CCC(Nc2ncc3nc(-c4ccc(F)c(NS(=O)(=O)Cc5ccc(F)cc5)c4)n(C)c3n2)CC1. The molecule has 1 saturated carbocycles.